The van der Waals surface area contributed by atoms with Crippen LogP contribution in [0.2, 0.25) is 0 Å². The van der Waals surface area contributed by atoms with Gasteiger partial charge in [0.15, 0.2) is 0 Å². The predicted molar refractivity (Wildman–Crippen MR) is 30.0 cm³/mol. The van der Waals surface area contributed by atoms with E-state index in [1.165, 1.54) is 9.47 Å². The first-order valence-corrected chi connectivity index (χ1v) is 3.00. The Labute approximate surface area is 65.5 Å². The summed E-state index contributed by atoms with van der Waals surface area (Å²) in [6.45, 7) is 0. The molecular formula is H5NaO4P2. The van der Waals surface area contributed by atoms with E-state index in [0.717, 1.165) is 0 Å². The minimum atomic E-state index is -4.18. The molecule has 0 saturated heterocycles. The van der Waals surface area contributed by atoms with Crippen molar-refractivity contribution in [2.75, 3.05) is 0 Å². The second-order valence-corrected chi connectivity index (χ2v) is 2.42. The van der Waals surface area contributed by atoms with Crippen molar-refractivity contribution >= 4 is 46.8 Å². The monoisotopic (exact) mass is 154 g/mol. The Morgan fingerprint density at radius 3 is 1.71 bits per heavy atom. The molecule has 0 aromatic carbocycles. The van der Waals surface area contributed by atoms with E-state index in [2.05, 4.69) is 4.31 Å². The predicted octanol–water partition coefficient (Wildman–Crippen LogP) is -0.763. The second kappa shape index (κ2) is 4.42. The molecule has 7 heteroatoms. The van der Waals surface area contributed by atoms with Crippen molar-refractivity contribution in [3.05, 3.63) is 0 Å². The van der Waals surface area contributed by atoms with E-state index < -0.39 is 7.82 Å². The van der Waals surface area contributed by atoms with Crippen LogP contribution in [0.1, 0.15) is 0 Å². The zero-order valence-corrected chi connectivity index (χ0v) is 4.78. The molecular weight excluding hydrogens is 149 g/mol. The maximum absolute atomic E-state index is 9.45. The van der Waals surface area contributed by atoms with E-state index in [1.54, 1.807) is 0 Å². The molecule has 0 radical (unpaired) electrons. The number of hydrogen-bond donors (Lipinski definition) is 2. The number of rotatable bonds is 1. The summed E-state index contributed by atoms with van der Waals surface area (Å²) in [6.07, 6.45) is 0. The van der Waals surface area contributed by atoms with Crippen molar-refractivity contribution in [2.24, 2.45) is 0 Å². The molecule has 4 nitrogen and oxygen atoms in total. The summed E-state index contributed by atoms with van der Waals surface area (Å²) in [7, 11) is -2.72. The average molecular weight is 154 g/mol. The van der Waals surface area contributed by atoms with E-state index >= 15 is 0 Å². The summed E-state index contributed by atoms with van der Waals surface area (Å²) in [5.41, 5.74) is 0. The summed E-state index contributed by atoms with van der Waals surface area (Å²) in [6, 6.07) is 0. The zero-order chi connectivity index (χ0) is 5.21. The molecule has 7 heavy (non-hydrogen) atoms. The standard InChI is InChI=1S/Na.H4O4P2.H/c;1-6(2,3)4-5;/h;5H2,(H2,1,2,3);. The van der Waals surface area contributed by atoms with Crippen LogP contribution < -0.4 is 0 Å². The van der Waals surface area contributed by atoms with Gasteiger partial charge >= 0.3 is 37.4 Å². The fourth-order valence-electron chi connectivity index (χ4n) is 0. The normalized spacial score (nSPS) is 10.1. The first-order valence-electron chi connectivity index (χ1n) is 1.00. The SMILES string of the molecule is O=P(O)(O)OP.[NaH]. The van der Waals surface area contributed by atoms with Gasteiger partial charge in [-0.05, 0) is 0 Å². The van der Waals surface area contributed by atoms with Crippen LogP contribution in [0.4, 0.5) is 0 Å². The van der Waals surface area contributed by atoms with Gasteiger partial charge in [-0.2, -0.15) is 0 Å². The van der Waals surface area contributed by atoms with Gasteiger partial charge in [0.1, 0.15) is 0 Å². The molecule has 0 saturated carbocycles. The molecule has 1 unspecified atom stereocenters. The summed E-state index contributed by atoms with van der Waals surface area (Å²) in [5, 5.41) is 0. The number of hydrogen-bond acceptors (Lipinski definition) is 2. The van der Waals surface area contributed by atoms with Crippen molar-refractivity contribution in [1.82, 2.24) is 0 Å². The van der Waals surface area contributed by atoms with Crippen molar-refractivity contribution in [3.63, 3.8) is 0 Å². The molecule has 2 N–H and O–H groups in total. The van der Waals surface area contributed by atoms with E-state index in [0.29, 0.717) is 0 Å². The Bertz CT molecular complexity index is 73.8. The quantitative estimate of drug-likeness (QED) is 0.384. The Balaban J connectivity index is 0. The molecule has 40 valence electrons. The molecule has 0 fully saturated rings. The topological polar surface area (TPSA) is 66.8 Å². The van der Waals surface area contributed by atoms with E-state index in [1.807, 2.05) is 0 Å². The van der Waals surface area contributed by atoms with Gasteiger partial charge in [-0.1, -0.05) is 0 Å². The van der Waals surface area contributed by atoms with Crippen LogP contribution in [0.3, 0.4) is 0 Å². The third-order valence-electron chi connectivity index (χ3n) is 0.137. The molecule has 0 spiro atoms. The Kier molecular flexibility index (Phi) is 7.17. The van der Waals surface area contributed by atoms with E-state index in [9.17, 15) is 4.57 Å². The Hall–Kier alpha value is 1.54. The zero-order valence-electron chi connectivity index (χ0n) is 2.74. The Morgan fingerprint density at radius 1 is 1.57 bits per heavy atom. The van der Waals surface area contributed by atoms with Gasteiger partial charge in [-0.25, -0.2) is 4.57 Å². The van der Waals surface area contributed by atoms with E-state index in [-0.39, 0.29) is 29.6 Å². The average Bonchev–Trinajstić information content (AvgIpc) is 1.35. The first-order chi connectivity index (χ1) is 2.56. The molecule has 0 heterocycles. The van der Waals surface area contributed by atoms with Crippen LogP contribution in [-0.4, -0.2) is 39.3 Å². The summed E-state index contributed by atoms with van der Waals surface area (Å²) >= 11 is 0. The summed E-state index contributed by atoms with van der Waals surface area (Å²) in [5.74, 6) is 0. The van der Waals surface area contributed by atoms with Gasteiger partial charge in [-0.15, -0.1) is 0 Å². The van der Waals surface area contributed by atoms with Gasteiger partial charge in [0.05, 0.1) is 0 Å². The molecule has 0 aromatic heterocycles. The molecule has 0 aliphatic rings. The molecule has 0 bridgehead atoms. The van der Waals surface area contributed by atoms with Crippen LogP contribution in [0.15, 0.2) is 0 Å². The van der Waals surface area contributed by atoms with Crippen LogP contribution in [0.5, 0.6) is 0 Å². The molecule has 0 aliphatic heterocycles. The maximum atomic E-state index is 9.45. The summed E-state index contributed by atoms with van der Waals surface area (Å²) in [4.78, 5) is 15.4. The van der Waals surface area contributed by atoms with Gasteiger partial charge in [0.2, 0.25) is 0 Å². The molecule has 0 aliphatic carbocycles. The van der Waals surface area contributed by atoms with Gasteiger partial charge in [0, 0.05) is 9.47 Å². The van der Waals surface area contributed by atoms with Gasteiger partial charge < -0.3 is 9.79 Å². The van der Waals surface area contributed by atoms with Crippen molar-refractivity contribution < 1.29 is 18.7 Å². The first kappa shape index (κ1) is 11.4. The molecule has 1 atom stereocenters. The van der Waals surface area contributed by atoms with Crippen LogP contribution >= 0.6 is 17.3 Å². The second-order valence-electron chi connectivity index (χ2n) is 0.596. The van der Waals surface area contributed by atoms with Crippen LogP contribution in [-0.2, 0) is 8.88 Å². The minimum absolute atomic E-state index is 0. The van der Waals surface area contributed by atoms with Crippen molar-refractivity contribution in [3.8, 4) is 0 Å². The fraction of sp³-hybridized carbons (Fsp3) is 0. The van der Waals surface area contributed by atoms with Crippen LogP contribution in [0, 0.1) is 0 Å². The van der Waals surface area contributed by atoms with Gasteiger partial charge in [0.25, 0.3) is 0 Å². The van der Waals surface area contributed by atoms with Crippen molar-refractivity contribution in [2.45, 2.75) is 0 Å². The Morgan fingerprint density at radius 2 is 1.71 bits per heavy atom. The molecule has 0 rings (SSSR count). The van der Waals surface area contributed by atoms with Gasteiger partial charge in [-0.3, -0.25) is 4.31 Å². The molecule has 0 aromatic rings. The third-order valence-corrected chi connectivity index (χ3v) is 1.24. The van der Waals surface area contributed by atoms with Crippen LogP contribution in [0.25, 0.3) is 0 Å². The summed E-state index contributed by atoms with van der Waals surface area (Å²) < 4.78 is 13.0. The number of phosphoric acid groups is 1. The van der Waals surface area contributed by atoms with Crippen molar-refractivity contribution in [1.29, 1.82) is 0 Å². The fourth-order valence-corrected chi connectivity index (χ4v) is 0. The molecule has 0 amide bonds. The van der Waals surface area contributed by atoms with E-state index in [4.69, 9.17) is 9.79 Å². The third kappa shape index (κ3) is 11.2.